The maximum atomic E-state index is 14.2. The molecule has 1 atom stereocenters. The zero-order chi connectivity index (χ0) is 17.0. The van der Waals surface area contributed by atoms with E-state index in [9.17, 15) is 4.39 Å². The van der Waals surface area contributed by atoms with Crippen LogP contribution in [-0.2, 0) is 6.42 Å². The first kappa shape index (κ1) is 17.7. The summed E-state index contributed by atoms with van der Waals surface area (Å²) in [7, 11) is 0. The maximum absolute atomic E-state index is 14.2. The fourth-order valence-electron chi connectivity index (χ4n) is 3.28. The van der Waals surface area contributed by atoms with Gasteiger partial charge in [-0.3, -0.25) is 4.98 Å². The van der Waals surface area contributed by atoms with Crippen LogP contribution in [0.1, 0.15) is 63.8 Å². The second kappa shape index (κ2) is 7.72. The molecule has 2 heteroatoms. The van der Waals surface area contributed by atoms with E-state index in [0.29, 0.717) is 12.3 Å². The molecule has 0 saturated heterocycles. The third kappa shape index (κ3) is 3.80. The van der Waals surface area contributed by atoms with Crippen LogP contribution in [0.3, 0.4) is 0 Å². The Bertz CT molecular complexity index is 715. The standard InChI is InChI=1S/C19H22FN.C2H6/c1-4-14-10-13(3)21-19-8-6-15(11-17(14)19)16-9-12(2)5-7-18(16)20;1-2/h6,8,10-12H,4-5,7,9H2,1-3H3;1-2H3. The molecule has 0 fully saturated rings. The molecular weight excluding hydrogens is 285 g/mol. The highest BCUT2D eigenvalue weighted by Gasteiger charge is 2.19. The van der Waals surface area contributed by atoms with Gasteiger partial charge < -0.3 is 0 Å². The lowest BCUT2D eigenvalue weighted by Gasteiger charge is -2.21. The second-order valence-electron chi connectivity index (χ2n) is 6.24. The molecule has 0 aliphatic heterocycles. The van der Waals surface area contributed by atoms with Crippen molar-refractivity contribution in [3.63, 3.8) is 0 Å². The van der Waals surface area contributed by atoms with Gasteiger partial charge in [0.15, 0.2) is 0 Å². The minimum absolute atomic E-state index is 0.0746. The van der Waals surface area contributed by atoms with Gasteiger partial charge in [-0.25, -0.2) is 4.39 Å². The normalized spacial score (nSPS) is 17.9. The highest BCUT2D eigenvalue weighted by Crippen LogP contribution is 2.37. The Balaban J connectivity index is 0.000000924. The molecule has 2 aromatic rings. The van der Waals surface area contributed by atoms with Crippen LogP contribution in [0, 0.1) is 12.8 Å². The first-order valence-electron chi connectivity index (χ1n) is 8.86. The van der Waals surface area contributed by atoms with E-state index in [1.807, 2.05) is 32.9 Å². The molecule has 0 saturated carbocycles. The Hall–Kier alpha value is -1.70. The van der Waals surface area contributed by atoms with Crippen molar-refractivity contribution in [1.82, 2.24) is 4.98 Å². The molecule has 124 valence electrons. The van der Waals surface area contributed by atoms with Crippen molar-refractivity contribution in [3.8, 4) is 0 Å². The smallest absolute Gasteiger partial charge is 0.104 e. The molecule has 0 radical (unpaired) electrons. The number of pyridine rings is 1. The van der Waals surface area contributed by atoms with Crippen molar-refractivity contribution < 1.29 is 4.39 Å². The number of nitrogens with zero attached hydrogens (tertiary/aromatic N) is 1. The van der Waals surface area contributed by atoms with Gasteiger partial charge in [0.05, 0.1) is 5.52 Å². The summed E-state index contributed by atoms with van der Waals surface area (Å²) in [5, 5.41) is 1.17. The zero-order valence-electron chi connectivity index (χ0n) is 15.0. The average Bonchev–Trinajstić information content (AvgIpc) is 2.57. The minimum atomic E-state index is 0.0746. The Kier molecular flexibility index (Phi) is 5.92. The van der Waals surface area contributed by atoms with Crippen molar-refractivity contribution in [2.24, 2.45) is 5.92 Å². The van der Waals surface area contributed by atoms with E-state index in [0.717, 1.165) is 41.6 Å². The SMILES string of the molecule is CC.CCc1cc(C)nc2ccc(C3=C(F)CCC(C)C3)cc12. The number of fused-ring (bicyclic) bond motifs is 1. The highest BCUT2D eigenvalue weighted by atomic mass is 19.1. The third-order valence-corrected chi connectivity index (χ3v) is 4.49. The van der Waals surface area contributed by atoms with Crippen molar-refractivity contribution in [1.29, 1.82) is 0 Å². The molecule has 1 aliphatic carbocycles. The number of allylic oxidation sites excluding steroid dienone is 2. The van der Waals surface area contributed by atoms with Crippen LogP contribution in [0.4, 0.5) is 4.39 Å². The number of hydrogen-bond donors (Lipinski definition) is 0. The quantitative estimate of drug-likeness (QED) is 0.606. The Morgan fingerprint density at radius 3 is 2.65 bits per heavy atom. The molecule has 1 aromatic heterocycles. The molecule has 0 spiro atoms. The van der Waals surface area contributed by atoms with E-state index in [-0.39, 0.29) is 5.83 Å². The molecule has 1 nitrogen and oxygen atoms in total. The van der Waals surface area contributed by atoms with Gasteiger partial charge in [-0.15, -0.1) is 0 Å². The predicted octanol–water partition coefficient (Wildman–Crippen LogP) is 6.63. The molecule has 3 rings (SSSR count). The summed E-state index contributed by atoms with van der Waals surface area (Å²) in [6.45, 7) is 10.4. The van der Waals surface area contributed by atoms with E-state index in [1.54, 1.807) is 0 Å². The van der Waals surface area contributed by atoms with Gasteiger partial charge in [0.2, 0.25) is 0 Å². The van der Waals surface area contributed by atoms with Crippen LogP contribution < -0.4 is 0 Å². The van der Waals surface area contributed by atoms with Gasteiger partial charge >= 0.3 is 0 Å². The number of hydrogen-bond acceptors (Lipinski definition) is 1. The van der Waals surface area contributed by atoms with Crippen LogP contribution in [0.2, 0.25) is 0 Å². The average molecular weight is 313 g/mol. The summed E-state index contributed by atoms with van der Waals surface area (Å²) < 4.78 is 14.2. The fourth-order valence-corrected chi connectivity index (χ4v) is 3.28. The summed E-state index contributed by atoms with van der Waals surface area (Å²) in [5.74, 6) is 0.641. The molecule has 1 heterocycles. The van der Waals surface area contributed by atoms with Gasteiger partial charge in [0.1, 0.15) is 5.83 Å². The number of rotatable bonds is 2. The Labute approximate surface area is 139 Å². The first-order chi connectivity index (χ1) is 11.1. The van der Waals surface area contributed by atoms with Gasteiger partial charge in [0.25, 0.3) is 0 Å². The monoisotopic (exact) mass is 313 g/mol. The Morgan fingerprint density at radius 1 is 1.22 bits per heavy atom. The largest absolute Gasteiger partial charge is 0.253 e. The van der Waals surface area contributed by atoms with Gasteiger partial charge in [-0.05, 0) is 73.4 Å². The van der Waals surface area contributed by atoms with Crippen LogP contribution in [0.5, 0.6) is 0 Å². The first-order valence-corrected chi connectivity index (χ1v) is 8.86. The molecule has 0 bridgehead atoms. The molecule has 0 N–H and O–H groups in total. The van der Waals surface area contributed by atoms with Crippen molar-refractivity contribution >= 4 is 16.5 Å². The number of halogens is 1. The summed E-state index contributed by atoms with van der Waals surface area (Å²) >= 11 is 0. The van der Waals surface area contributed by atoms with Crippen molar-refractivity contribution in [3.05, 3.63) is 46.9 Å². The third-order valence-electron chi connectivity index (χ3n) is 4.49. The lowest BCUT2D eigenvalue weighted by Crippen LogP contribution is -2.05. The molecular formula is C21H28FN. The predicted molar refractivity (Wildman–Crippen MR) is 98.2 cm³/mol. The van der Waals surface area contributed by atoms with E-state index in [1.165, 1.54) is 10.9 Å². The summed E-state index contributed by atoms with van der Waals surface area (Å²) in [6, 6.07) is 8.34. The number of benzene rings is 1. The lowest BCUT2D eigenvalue weighted by molar-refractivity contribution is 0.461. The van der Waals surface area contributed by atoms with E-state index in [4.69, 9.17) is 0 Å². The second-order valence-corrected chi connectivity index (χ2v) is 6.24. The van der Waals surface area contributed by atoms with E-state index >= 15 is 0 Å². The molecule has 1 aliphatic rings. The zero-order valence-corrected chi connectivity index (χ0v) is 15.0. The van der Waals surface area contributed by atoms with Crippen LogP contribution in [0.25, 0.3) is 16.5 Å². The van der Waals surface area contributed by atoms with Gasteiger partial charge in [-0.1, -0.05) is 33.8 Å². The van der Waals surface area contributed by atoms with Crippen molar-refractivity contribution in [2.45, 2.75) is 60.3 Å². The summed E-state index contributed by atoms with van der Waals surface area (Å²) in [4.78, 5) is 4.59. The van der Waals surface area contributed by atoms with E-state index in [2.05, 4.69) is 31.0 Å². The van der Waals surface area contributed by atoms with E-state index < -0.39 is 0 Å². The van der Waals surface area contributed by atoms with Crippen LogP contribution in [0.15, 0.2) is 30.1 Å². The minimum Gasteiger partial charge on any atom is -0.253 e. The van der Waals surface area contributed by atoms with Gasteiger partial charge in [-0.2, -0.15) is 0 Å². The highest BCUT2D eigenvalue weighted by molar-refractivity contribution is 5.86. The Morgan fingerprint density at radius 2 is 1.96 bits per heavy atom. The van der Waals surface area contributed by atoms with Gasteiger partial charge in [0, 0.05) is 11.1 Å². The fraction of sp³-hybridized carbons (Fsp3) is 0.476. The molecule has 23 heavy (non-hydrogen) atoms. The van der Waals surface area contributed by atoms with Crippen LogP contribution >= 0.6 is 0 Å². The summed E-state index contributed by atoms with van der Waals surface area (Å²) in [6.07, 6.45) is 3.37. The molecule has 1 aromatic carbocycles. The molecule has 0 amide bonds. The maximum Gasteiger partial charge on any atom is 0.104 e. The van der Waals surface area contributed by atoms with Crippen molar-refractivity contribution in [2.75, 3.05) is 0 Å². The van der Waals surface area contributed by atoms with Crippen LogP contribution in [-0.4, -0.2) is 4.98 Å². The lowest BCUT2D eigenvalue weighted by atomic mass is 9.85. The molecule has 1 unspecified atom stereocenters. The topological polar surface area (TPSA) is 12.9 Å². The number of aryl methyl sites for hydroxylation is 2. The summed E-state index contributed by atoms with van der Waals surface area (Å²) in [5.41, 5.74) is 5.29. The number of aromatic nitrogens is 1.